The van der Waals surface area contributed by atoms with Gasteiger partial charge in [-0.15, -0.1) is 0 Å². The van der Waals surface area contributed by atoms with Crippen LogP contribution < -0.4 is 0 Å². The van der Waals surface area contributed by atoms with Gasteiger partial charge < -0.3 is 5.11 Å². The van der Waals surface area contributed by atoms with E-state index in [-0.39, 0.29) is 11.0 Å². The van der Waals surface area contributed by atoms with E-state index in [4.69, 9.17) is 5.11 Å². The van der Waals surface area contributed by atoms with Crippen LogP contribution >= 0.6 is 0 Å². The van der Waals surface area contributed by atoms with E-state index in [9.17, 15) is 4.79 Å². The lowest BCUT2D eigenvalue weighted by molar-refractivity contribution is 0.0697. The second-order valence-electron chi connectivity index (χ2n) is 8.92. The van der Waals surface area contributed by atoms with Crippen LogP contribution in [0.3, 0.4) is 0 Å². The second kappa shape index (κ2) is 7.91. The second-order valence-corrected chi connectivity index (χ2v) is 8.92. The summed E-state index contributed by atoms with van der Waals surface area (Å²) >= 11 is 0. The van der Waals surface area contributed by atoms with Gasteiger partial charge in [-0.3, -0.25) is 0 Å². The Morgan fingerprint density at radius 2 is 1.55 bits per heavy atom. The van der Waals surface area contributed by atoms with Crippen LogP contribution in [0.2, 0.25) is 0 Å². The number of fused-ring (bicyclic) bond motifs is 1. The summed E-state index contributed by atoms with van der Waals surface area (Å²) in [5.41, 5.74) is 8.45. The lowest BCUT2D eigenvalue weighted by atomic mass is 9.69. The van der Waals surface area contributed by atoms with Gasteiger partial charge >= 0.3 is 5.97 Å². The number of rotatable bonds is 1. The fraction of sp³-hybridized carbons (Fsp3) is 0.370. The van der Waals surface area contributed by atoms with Crippen molar-refractivity contribution in [1.82, 2.24) is 0 Å². The zero-order valence-corrected chi connectivity index (χ0v) is 17.3. The van der Waals surface area contributed by atoms with Crippen molar-refractivity contribution in [1.29, 1.82) is 0 Å². The first-order valence-corrected chi connectivity index (χ1v) is 10.7. The molecule has 0 spiro atoms. The number of carboxylic acids is 1. The number of hydrogen-bond acceptors (Lipinski definition) is 1. The van der Waals surface area contributed by atoms with Crippen molar-refractivity contribution in [2.24, 2.45) is 0 Å². The van der Waals surface area contributed by atoms with E-state index in [1.807, 2.05) is 0 Å². The molecule has 2 nitrogen and oxygen atoms in total. The standard InChI is InChI=1S/C27H28O2/c1-27(2)17-16-23(21-6-4-3-5-7-21)24-18-20(12-15-25(24)27)9-8-19-10-13-22(14-11-19)26(28)29/h10-15,18H,3-7,16-17H2,1-2H3,(H,28,29). The minimum absolute atomic E-state index is 0.201. The molecule has 1 fully saturated rings. The highest BCUT2D eigenvalue weighted by Gasteiger charge is 2.31. The summed E-state index contributed by atoms with van der Waals surface area (Å²) < 4.78 is 0. The van der Waals surface area contributed by atoms with Crippen LogP contribution in [0.1, 0.15) is 91.4 Å². The minimum Gasteiger partial charge on any atom is -0.478 e. The van der Waals surface area contributed by atoms with Gasteiger partial charge in [-0.05, 0) is 97.0 Å². The molecule has 0 heterocycles. The van der Waals surface area contributed by atoms with Crippen molar-refractivity contribution in [3.05, 3.63) is 75.9 Å². The first-order chi connectivity index (χ1) is 13.9. The molecular weight excluding hydrogens is 356 g/mol. The third-order valence-electron chi connectivity index (χ3n) is 6.44. The van der Waals surface area contributed by atoms with Gasteiger partial charge in [0.25, 0.3) is 0 Å². The molecule has 2 aromatic rings. The highest BCUT2D eigenvalue weighted by molar-refractivity contribution is 5.87. The predicted molar refractivity (Wildman–Crippen MR) is 118 cm³/mol. The smallest absolute Gasteiger partial charge is 0.335 e. The Labute approximate surface area is 173 Å². The third-order valence-corrected chi connectivity index (χ3v) is 6.44. The van der Waals surface area contributed by atoms with Gasteiger partial charge in [0.05, 0.1) is 5.56 Å². The highest BCUT2D eigenvalue weighted by atomic mass is 16.4. The lowest BCUT2D eigenvalue weighted by Gasteiger charge is -2.36. The molecule has 29 heavy (non-hydrogen) atoms. The molecule has 2 aliphatic carbocycles. The third kappa shape index (κ3) is 4.15. The molecule has 148 valence electrons. The molecule has 0 amide bonds. The summed E-state index contributed by atoms with van der Waals surface area (Å²) in [6, 6.07) is 13.4. The van der Waals surface area contributed by atoms with Gasteiger partial charge in [-0.25, -0.2) is 4.79 Å². The van der Waals surface area contributed by atoms with Gasteiger partial charge in [0.2, 0.25) is 0 Å². The normalized spacial score (nSPS) is 17.9. The van der Waals surface area contributed by atoms with Crippen LogP contribution in [0.4, 0.5) is 0 Å². The van der Waals surface area contributed by atoms with E-state index in [0.29, 0.717) is 0 Å². The summed E-state index contributed by atoms with van der Waals surface area (Å²) in [4.78, 5) is 11.0. The van der Waals surface area contributed by atoms with Crippen molar-refractivity contribution in [3.63, 3.8) is 0 Å². The molecular formula is C27H28O2. The van der Waals surface area contributed by atoms with E-state index in [0.717, 1.165) is 11.1 Å². The number of benzene rings is 2. The first-order valence-electron chi connectivity index (χ1n) is 10.7. The topological polar surface area (TPSA) is 37.3 Å². The molecule has 0 aromatic heterocycles. The monoisotopic (exact) mass is 384 g/mol. The fourth-order valence-electron chi connectivity index (χ4n) is 4.66. The fourth-order valence-corrected chi connectivity index (χ4v) is 4.66. The quantitative estimate of drug-likeness (QED) is 0.564. The first kappa shape index (κ1) is 19.5. The van der Waals surface area contributed by atoms with Crippen LogP contribution in [0.5, 0.6) is 0 Å². The van der Waals surface area contributed by atoms with Crippen molar-refractivity contribution < 1.29 is 9.90 Å². The van der Waals surface area contributed by atoms with Crippen LogP contribution in [0.25, 0.3) is 5.57 Å². The summed E-state index contributed by atoms with van der Waals surface area (Å²) in [6.07, 6.45) is 8.89. The summed E-state index contributed by atoms with van der Waals surface area (Å²) in [5.74, 6) is 5.57. The zero-order chi connectivity index (χ0) is 20.4. The molecule has 0 aliphatic heterocycles. The Hall–Kier alpha value is -2.79. The molecule has 2 aromatic carbocycles. The maximum atomic E-state index is 11.0. The highest BCUT2D eigenvalue weighted by Crippen LogP contribution is 2.45. The minimum atomic E-state index is -0.912. The van der Waals surface area contributed by atoms with E-state index in [1.165, 1.54) is 56.1 Å². The largest absolute Gasteiger partial charge is 0.478 e. The Kier molecular flexibility index (Phi) is 5.33. The Bertz CT molecular complexity index is 1020. The maximum absolute atomic E-state index is 11.0. The Balaban J connectivity index is 1.70. The molecule has 1 saturated carbocycles. The van der Waals surface area contributed by atoms with Crippen molar-refractivity contribution in [2.75, 3.05) is 0 Å². The molecule has 2 aliphatic rings. The van der Waals surface area contributed by atoms with Crippen LogP contribution in [0.15, 0.2) is 48.0 Å². The molecule has 2 heteroatoms. The van der Waals surface area contributed by atoms with E-state index < -0.39 is 5.97 Å². The average Bonchev–Trinajstić information content (AvgIpc) is 2.73. The molecule has 1 N–H and O–H groups in total. The van der Waals surface area contributed by atoms with Crippen LogP contribution in [-0.2, 0) is 5.41 Å². The van der Waals surface area contributed by atoms with E-state index in [2.05, 4.69) is 43.9 Å². The molecule has 4 rings (SSSR count). The number of carboxylic acid groups (broad SMARTS) is 1. The maximum Gasteiger partial charge on any atom is 0.335 e. The summed E-state index contributed by atoms with van der Waals surface area (Å²) in [7, 11) is 0. The molecule has 0 bridgehead atoms. The molecule has 0 unspecified atom stereocenters. The molecule has 0 atom stereocenters. The predicted octanol–water partition coefficient (Wildman–Crippen LogP) is 6.57. The molecule has 0 radical (unpaired) electrons. The van der Waals surface area contributed by atoms with Gasteiger partial charge in [0.1, 0.15) is 0 Å². The van der Waals surface area contributed by atoms with Gasteiger partial charge in [0.15, 0.2) is 0 Å². The lowest BCUT2D eigenvalue weighted by Crippen LogP contribution is -2.24. The van der Waals surface area contributed by atoms with E-state index in [1.54, 1.807) is 35.4 Å². The van der Waals surface area contributed by atoms with Gasteiger partial charge in [-0.2, -0.15) is 0 Å². The van der Waals surface area contributed by atoms with Gasteiger partial charge in [0, 0.05) is 11.1 Å². The SMILES string of the molecule is CC1(C)CCC(=C2CCCCC2)c2cc(C#Cc3ccc(C(=O)O)cc3)ccc21. The number of allylic oxidation sites excluding steroid dienone is 2. The van der Waals surface area contributed by atoms with Gasteiger partial charge in [-0.1, -0.05) is 43.7 Å². The zero-order valence-electron chi connectivity index (χ0n) is 17.3. The Morgan fingerprint density at radius 3 is 2.24 bits per heavy atom. The number of hydrogen-bond donors (Lipinski definition) is 1. The van der Waals surface area contributed by atoms with Crippen LogP contribution in [0, 0.1) is 11.8 Å². The average molecular weight is 385 g/mol. The molecule has 0 saturated heterocycles. The Morgan fingerprint density at radius 1 is 0.897 bits per heavy atom. The van der Waals surface area contributed by atoms with Crippen molar-refractivity contribution >= 4 is 11.5 Å². The number of carbonyl (C=O) groups is 1. The van der Waals surface area contributed by atoms with Crippen molar-refractivity contribution in [3.8, 4) is 11.8 Å². The van der Waals surface area contributed by atoms with Crippen molar-refractivity contribution in [2.45, 2.75) is 64.2 Å². The van der Waals surface area contributed by atoms with Crippen LogP contribution in [-0.4, -0.2) is 11.1 Å². The summed E-state index contributed by atoms with van der Waals surface area (Å²) in [5, 5.41) is 9.03. The number of aromatic carboxylic acids is 1. The summed E-state index contributed by atoms with van der Waals surface area (Å²) in [6.45, 7) is 4.70. The van der Waals surface area contributed by atoms with E-state index >= 15 is 0 Å².